The van der Waals surface area contributed by atoms with Crippen molar-refractivity contribution >= 4 is 0 Å². The maximum Gasteiger partial charge on any atom is 0.0592 e. The second kappa shape index (κ2) is 4.73. The minimum absolute atomic E-state index is 0.303. The van der Waals surface area contributed by atoms with Crippen molar-refractivity contribution in [2.45, 2.75) is 52.2 Å². The summed E-state index contributed by atoms with van der Waals surface area (Å²) in [4.78, 5) is 0. The molecular weight excluding hydrogens is 140 g/mol. The minimum atomic E-state index is -0.541. The van der Waals surface area contributed by atoms with Gasteiger partial charge in [0.05, 0.1) is 11.7 Å². The van der Waals surface area contributed by atoms with Crippen LogP contribution in [0.25, 0.3) is 0 Å². The van der Waals surface area contributed by atoms with Gasteiger partial charge in [0.2, 0.25) is 0 Å². The van der Waals surface area contributed by atoms with Crippen molar-refractivity contribution in [3.05, 3.63) is 0 Å². The Hall–Kier alpha value is -0.0800. The molecule has 11 heavy (non-hydrogen) atoms. The largest absolute Gasteiger partial charge is 0.390 e. The van der Waals surface area contributed by atoms with E-state index in [-0.39, 0.29) is 0 Å². The second-order valence-electron chi connectivity index (χ2n) is 3.84. The molecule has 0 aliphatic heterocycles. The van der Waals surface area contributed by atoms with E-state index < -0.39 is 5.60 Å². The lowest BCUT2D eigenvalue weighted by atomic mass is 10.0. The van der Waals surface area contributed by atoms with Crippen LogP contribution in [0.15, 0.2) is 0 Å². The van der Waals surface area contributed by atoms with Crippen molar-refractivity contribution in [1.29, 1.82) is 0 Å². The molecule has 0 saturated carbocycles. The maximum absolute atomic E-state index is 9.33. The SMILES string of the molecule is CC(C)OCCCC(C)(C)O. The van der Waals surface area contributed by atoms with Gasteiger partial charge in [-0.3, -0.25) is 0 Å². The quantitative estimate of drug-likeness (QED) is 0.623. The molecule has 0 heterocycles. The molecular formula is C9H20O2. The van der Waals surface area contributed by atoms with Crippen LogP contribution in [0.3, 0.4) is 0 Å². The van der Waals surface area contributed by atoms with Crippen molar-refractivity contribution in [2.24, 2.45) is 0 Å². The summed E-state index contributed by atoms with van der Waals surface area (Å²) in [5.41, 5.74) is -0.541. The van der Waals surface area contributed by atoms with E-state index in [1.165, 1.54) is 0 Å². The van der Waals surface area contributed by atoms with Crippen molar-refractivity contribution < 1.29 is 9.84 Å². The van der Waals surface area contributed by atoms with Gasteiger partial charge in [0, 0.05) is 6.61 Å². The predicted octanol–water partition coefficient (Wildman–Crippen LogP) is 1.96. The third-order valence-corrected chi connectivity index (χ3v) is 1.38. The van der Waals surface area contributed by atoms with Crippen LogP contribution in [0.1, 0.15) is 40.5 Å². The van der Waals surface area contributed by atoms with E-state index in [9.17, 15) is 5.11 Å². The fourth-order valence-corrected chi connectivity index (χ4v) is 0.824. The molecule has 0 radical (unpaired) electrons. The highest BCUT2D eigenvalue weighted by Crippen LogP contribution is 2.10. The van der Waals surface area contributed by atoms with Gasteiger partial charge < -0.3 is 9.84 Å². The van der Waals surface area contributed by atoms with E-state index in [4.69, 9.17) is 4.74 Å². The Labute approximate surface area is 69.6 Å². The smallest absolute Gasteiger partial charge is 0.0592 e. The molecule has 0 spiro atoms. The van der Waals surface area contributed by atoms with Crippen molar-refractivity contribution in [3.63, 3.8) is 0 Å². The van der Waals surface area contributed by atoms with E-state index in [1.54, 1.807) is 0 Å². The average molecular weight is 160 g/mol. The third kappa shape index (κ3) is 9.92. The van der Waals surface area contributed by atoms with Gasteiger partial charge in [-0.25, -0.2) is 0 Å². The molecule has 2 nitrogen and oxygen atoms in total. The van der Waals surface area contributed by atoms with E-state index in [0.29, 0.717) is 6.10 Å². The molecule has 0 aromatic carbocycles. The molecule has 2 heteroatoms. The second-order valence-corrected chi connectivity index (χ2v) is 3.84. The molecule has 0 rings (SSSR count). The predicted molar refractivity (Wildman–Crippen MR) is 46.6 cm³/mol. The summed E-state index contributed by atoms with van der Waals surface area (Å²) in [6, 6.07) is 0. The van der Waals surface area contributed by atoms with Gasteiger partial charge in [-0.15, -0.1) is 0 Å². The lowest BCUT2D eigenvalue weighted by molar-refractivity contribution is 0.0372. The molecule has 0 aliphatic carbocycles. The summed E-state index contributed by atoms with van der Waals surface area (Å²) in [5, 5.41) is 9.33. The van der Waals surface area contributed by atoms with E-state index >= 15 is 0 Å². The zero-order chi connectivity index (χ0) is 8.91. The summed E-state index contributed by atoms with van der Waals surface area (Å²) in [6.07, 6.45) is 2.04. The van der Waals surface area contributed by atoms with Crippen LogP contribution in [0.2, 0.25) is 0 Å². The van der Waals surface area contributed by atoms with Gasteiger partial charge in [-0.2, -0.15) is 0 Å². The topological polar surface area (TPSA) is 29.5 Å². The lowest BCUT2D eigenvalue weighted by Gasteiger charge is -2.16. The molecule has 0 aromatic heterocycles. The molecule has 0 fully saturated rings. The van der Waals surface area contributed by atoms with E-state index in [0.717, 1.165) is 19.4 Å². The van der Waals surface area contributed by atoms with Gasteiger partial charge in [-0.1, -0.05) is 0 Å². The molecule has 0 amide bonds. The van der Waals surface area contributed by atoms with Crippen LogP contribution in [0.4, 0.5) is 0 Å². The summed E-state index contributed by atoms with van der Waals surface area (Å²) in [6.45, 7) is 8.43. The summed E-state index contributed by atoms with van der Waals surface area (Å²) < 4.78 is 5.33. The molecule has 0 aliphatic rings. The van der Waals surface area contributed by atoms with Crippen molar-refractivity contribution in [1.82, 2.24) is 0 Å². The first-order valence-corrected chi connectivity index (χ1v) is 4.26. The summed E-state index contributed by atoms with van der Waals surface area (Å²) >= 11 is 0. The molecule has 0 saturated heterocycles. The van der Waals surface area contributed by atoms with Crippen LogP contribution in [-0.2, 0) is 4.74 Å². The zero-order valence-electron chi connectivity index (χ0n) is 8.05. The first-order valence-electron chi connectivity index (χ1n) is 4.26. The molecule has 0 bridgehead atoms. The molecule has 0 atom stereocenters. The molecule has 1 N–H and O–H groups in total. The minimum Gasteiger partial charge on any atom is -0.390 e. The van der Waals surface area contributed by atoms with Gasteiger partial charge in [0.25, 0.3) is 0 Å². The normalized spacial score (nSPS) is 12.5. The average Bonchev–Trinajstić information content (AvgIpc) is 1.78. The number of hydrogen-bond acceptors (Lipinski definition) is 2. The fraction of sp³-hybridized carbons (Fsp3) is 1.00. The Morgan fingerprint density at radius 2 is 1.91 bits per heavy atom. The Bertz CT molecular complexity index is 92.2. The Balaban J connectivity index is 3.15. The highest BCUT2D eigenvalue weighted by Gasteiger charge is 2.11. The monoisotopic (exact) mass is 160 g/mol. The number of ether oxygens (including phenoxy) is 1. The number of aliphatic hydroxyl groups is 1. The lowest BCUT2D eigenvalue weighted by Crippen LogP contribution is -2.19. The van der Waals surface area contributed by atoms with E-state index in [1.807, 2.05) is 27.7 Å². The highest BCUT2D eigenvalue weighted by molar-refractivity contribution is 4.63. The van der Waals surface area contributed by atoms with Crippen LogP contribution in [0, 0.1) is 0 Å². The summed E-state index contributed by atoms with van der Waals surface area (Å²) in [5.74, 6) is 0. The zero-order valence-corrected chi connectivity index (χ0v) is 8.05. The molecule has 0 unspecified atom stereocenters. The first-order chi connectivity index (χ1) is 4.92. The van der Waals surface area contributed by atoms with Gasteiger partial charge in [0.1, 0.15) is 0 Å². The first kappa shape index (κ1) is 10.9. The standard InChI is InChI=1S/C9H20O2/c1-8(2)11-7-5-6-9(3,4)10/h8,10H,5-7H2,1-4H3. The van der Waals surface area contributed by atoms with Crippen LogP contribution in [-0.4, -0.2) is 23.4 Å². The number of hydrogen-bond donors (Lipinski definition) is 1. The van der Waals surface area contributed by atoms with Gasteiger partial charge >= 0.3 is 0 Å². The van der Waals surface area contributed by atoms with Crippen LogP contribution in [0.5, 0.6) is 0 Å². The van der Waals surface area contributed by atoms with Gasteiger partial charge in [0.15, 0.2) is 0 Å². The van der Waals surface area contributed by atoms with Crippen LogP contribution >= 0.6 is 0 Å². The third-order valence-electron chi connectivity index (χ3n) is 1.38. The molecule has 0 aromatic rings. The van der Waals surface area contributed by atoms with Crippen LogP contribution < -0.4 is 0 Å². The fourth-order valence-electron chi connectivity index (χ4n) is 0.824. The number of rotatable bonds is 5. The summed E-state index contributed by atoms with van der Waals surface area (Å²) in [7, 11) is 0. The Kier molecular flexibility index (Phi) is 4.69. The highest BCUT2D eigenvalue weighted by atomic mass is 16.5. The maximum atomic E-state index is 9.33. The Morgan fingerprint density at radius 1 is 1.36 bits per heavy atom. The molecule has 68 valence electrons. The van der Waals surface area contributed by atoms with Crippen molar-refractivity contribution in [2.75, 3.05) is 6.61 Å². The van der Waals surface area contributed by atoms with Gasteiger partial charge in [-0.05, 0) is 40.5 Å². The van der Waals surface area contributed by atoms with Crippen molar-refractivity contribution in [3.8, 4) is 0 Å². The Morgan fingerprint density at radius 3 is 2.27 bits per heavy atom. The van der Waals surface area contributed by atoms with E-state index in [2.05, 4.69) is 0 Å².